The van der Waals surface area contributed by atoms with Crippen molar-refractivity contribution >= 4 is 17.9 Å². The third kappa shape index (κ3) is 2.78. The first-order valence-corrected chi connectivity index (χ1v) is 10.7. The molecule has 0 radical (unpaired) electrons. The van der Waals surface area contributed by atoms with Gasteiger partial charge in [-0.15, -0.1) is 0 Å². The molecule has 6 unspecified atom stereocenters. The molecule has 34 heavy (non-hydrogen) atoms. The summed E-state index contributed by atoms with van der Waals surface area (Å²) in [5.74, 6) is -12.7. The van der Waals surface area contributed by atoms with Crippen molar-refractivity contribution in [1.82, 2.24) is 0 Å². The number of rotatable bonds is 5. The van der Waals surface area contributed by atoms with E-state index in [2.05, 4.69) is 11.3 Å². The summed E-state index contributed by atoms with van der Waals surface area (Å²) in [5, 5.41) is 0. The minimum Gasteiger partial charge on any atom is -0.458 e. The molecule has 0 aromatic carbocycles. The van der Waals surface area contributed by atoms with Crippen molar-refractivity contribution in [2.45, 2.75) is 75.6 Å². The minimum absolute atomic E-state index is 0.0486. The lowest BCUT2D eigenvalue weighted by Gasteiger charge is -2.49. The van der Waals surface area contributed by atoms with Gasteiger partial charge in [-0.2, -0.15) is 30.7 Å². The summed E-state index contributed by atoms with van der Waals surface area (Å²) in [6.07, 6.45) is -15.6. The maximum atomic E-state index is 14.9. The molecule has 4 fully saturated rings. The Bertz CT molecular complexity index is 937. The van der Waals surface area contributed by atoms with E-state index < -0.39 is 83.0 Å². The zero-order valence-electron chi connectivity index (χ0n) is 17.9. The number of alkyl halides is 6. The van der Waals surface area contributed by atoms with E-state index in [1.807, 2.05) is 0 Å². The fraction of sp³-hybridized carbons (Fsp3) is 0.762. The molecule has 6 nitrogen and oxygen atoms in total. The van der Waals surface area contributed by atoms with Crippen molar-refractivity contribution in [3.63, 3.8) is 0 Å². The highest BCUT2D eigenvalue weighted by Crippen LogP contribution is 2.79. The van der Waals surface area contributed by atoms with Crippen LogP contribution in [-0.2, 0) is 28.6 Å². The number of carbonyl (C=O) groups excluding carboxylic acids is 3. The molecule has 4 rings (SSSR count). The molecule has 0 aromatic heterocycles. The maximum absolute atomic E-state index is 14.9. The van der Waals surface area contributed by atoms with Crippen LogP contribution < -0.4 is 0 Å². The highest BCUT2D eigenvalue weighted by Gasteiger charge is 2.98. The van der Waals surface area contributed by atoms with Gasteiger partial charge in [-0.25, -0.2) is 4.79 Å². The molecule has 0 aromatic rings. The summed E-state index contributed by atoms with van der Waals surface area (Å²) in [5.41, 5.74) is -10.2. The normalized spacial score (nSPS) is 38.1. The number of hydrogen-bond acceptors (Lipinski definition) is 6. The Morgan fingerprint density at radius 3 is 2.15 bits per heavy atom. The van der Waals surface area contributed by atoms with Gasteiger partial charge in [0.05, 0.1) is 0 Å². The van der Waals surface area contributed by atoms with E-state index in [-0.39, 0.29) is 19.3 Å². The van der Waals surface area contributed by atoms with Gasteiger partial charge in [0.15, 0.2) is 10.8 Å². The molecular formula is C21H21F7O6. The number of halogens is 7. The highest BCUT2D eigenvalue weighted by atomic mass is 19.4. The first-order chi connectivity index (χ1) is 15.6. The molecule has 2 bridgehead atoms. The van der Waals surface area contributed by atoms with E-state index in [4.69, 9.17) is 9.47 Å². The van der Waals surface area contributed by atoms with Crippen LogP contribution >= 0.6 is 0 Å². The van der Waals surface area contributed by atoms with Crippen LogP contribution in [0.1, 0.15) is 45.4 Å². The van der Waals surface area contributed by atoms with Crippen LogP contribution in [0.15, 0.2) is 12.4 Å². The number of esters is 3. The zero-order chi connectivity index (χ0) is 25.5. The summed E-state index contributed by atoms with van der Waals surface area (Å²) in [7, 11) is 0. The predicted octanol–water partition coefficient (Wildman–Crippen LogP) is 4.32. The smallest absolute Gasteiger partial charge is 0.406 e. The van der Waals surface area contributed by atoms with Crippen LogP contribution in [0, 0.1) is 22.7 Å². The molecule has 3 saturated carbocycles. The van der Waals surface area contributed by atoms with Crippen LogP contribution in [0.3, 0.4) is 0 Å². The van der Waals surface area contributed by atoms with Crippen molar-refractivity contribution < 1.29 is 59.3 Å². The van der Waals surface area contributed by atoms with Crippen molar-refractivity contribution in [3.8, 4) is 0 Å². The van der Waals surface area contributed by atoms with Crippen LogP contribution in [0.25, 0.3) is 0 Å². The summed E-state index contributed by atoms with van der Waals surface area (Å²) in [6.45, 7) is 4.18. The molecule has 190 valence electrons. The molecular weight excluding hydrogens is 481 g/mol. The molecule has 1 heterocycles. The summed E-state index contributed by atoms with van der Waals surface area (Å²) < 4.78 is 116. The Labute approximate surface area is 188 Å². The number of hydrogen-bond donors (Lipinski definition) is 0. The van der Waals surface area contributed by atoms with Gasteiger partial charge in [-0.1, -0.05) is 13.5 Å². The van der Waals surface area contributed by atoms with Crippen LogP contribution in [0.4, 0.5) is 30.7 Å². The summed E-state index contributed by atoms with van der Waals surface area (Å²) >= 11 is 0. The average Bonchev–Trinajstić information content (AvgIpc) is 3.42. The zero-order valence-corrected chi connectivity index (χ0v) is 17.9. The Balaban J connectivity index is 1.93. The predicted molar refractivity (Wildman–Crippen MR) is 96.2 cm³/mol. The maximum Gasteiger partial charge on any atom is 0.406 e. The fourth-order valence-electron chi connectivity index (χ4n) is 6.68. The largest absolute Gasteiger partial charge is 0.458 e. The van der Waals surface area contributed by atoms with Gasteiger partial charge in [0.2, 0.25) is 5.83 Å². The molecule has 13 heteroatoms. The lowest BCUT2D eigenvalue weighted by Crippen LogP contribution is -2.70. The van der Waals surface area contributed by atoms with E-state index in [9.17, 15) is 45.1 Å². The van der Waals surface area contributed by atoms with Crippen molar-refractivity contribution in [2.75, 3.05) is 0 Å². The van der Waals surface area contributed by atoms with Gasteiger partial charge < -0.3 is 14.2 Å². The van der Waals surface area contributed by atoms with E-state index in [0.717, 1.165) is 0 Å². The van der Waals surface area contributed by atoms with Crippen LogP contribution in [0.5, 0.6) is 0 Å². The van der Waals surface area contributed by atoms with Gasteiger partial charge in [0, 0.05) is 11.8 Å². The first kappa shape index (κ1) is 24.8. The molecule has 0 spiro atoms. The lowest BCUT2D eigenvalue weighted by atomic mass is 9.54. The first-order valence-electron chi connectivity index (χ1n) is 10.7. The fourth-order valence-corrected chi connectivity index (χ4v) is 6.68. The quantitative estimate of drug-likeness (QED) is 0.241. The Hall–Kier alpha value is -2.34. The summed E-state index contributed by atoms with van der Waals surface area (Å²) in [6, 6.07) is 0. The molecule has 4 aliphatic rings. The lowest BCUT2D eigenvalue weighted by molar-refractivity contribution is -0.341. The number of fused-ring (bicyclic) bond motifs is 1. The average molecular weight is 502 g/mol. The standard InChI is InChI=1S/C21H21F7O6/c1-3-17(6-4-5-7-17)34-16(31)19(21(26,27)28)10-8-11-13(12(10)32-14(29)9(2)22)33-15(30)18(11,19)20(23,24)25/h10-13H,2-8H2,1H3. The molecule has 1 saturated heterocycles. The van der Waals surface area contributed by atoms with Gasteiger partial charge in [0.25, 0.3) is 0 Å². The van der Waals surface area contributed by atoms with Crippen molar-refractivity contribution in [3.05, 3.63) is 12.4 Å². The summed E-state index contributed by atoms with van der Waals surface area (Å²) in [4.78, 5) is 37.8. The molecule has 0 amide bonds. The Kier molecular flexibility index (Phi) is 5.34. The molecule has 3 aliphatic carbocycles. The van der Waals surface area contributed by atoms with Gasteiger partial charge in [0.1, 0.15) is 17.8 Å². The molecule has 1 aliphatic heterocycles. The number of carbonyl (C=O) groups is 3. The second kappa shape index (κ2) is 7.33. The molecule has 0 N–H and O–H groups in total. The van der Waals surface area contributed by atoms with Gasteiger partial charge in [-0.05, 0) is 38.5 Å². The molecule has 6 atom stereocenters. The van der Waals surface area contributed by atoms with Gasteiger partial charge in [-0.3, -0.25) is 9.59 Å². The van der Waals surface area contributed by atoms with E-state index in [1.54, 1.807) is 0 Å². The van der Waals surface area contributed by atoms with Crippen LogP contribution in [0.2, 0.25) is 0 Å². The second-order valence-electron chi connectivity index (χ2n) is 9.34. The van der Waals surface area contributed by atoms with E-state index in [1.165, 1.54) is 6.92 Å². The monoisotopic (exact) mass is 502 g/mol. The minimum atomic E-state index is -5.96. The third-order valence-corrected chi connectivity index (χ3v) is 8.07. The highest BCUT2D eigenvalue weighted by molar-refractivity contribution is 5.95. The Morgan fingerprint density at radius 2 is 1.68 bits per heavy atom. The SMILES string of the molecule is C=C(F)C(=O)OC1C2OC(=O)C3(C(F)(F)F)C2CC1C3(C(=O)OC1(CC)CCCC1)C(F)(F)F. The number of ether oxygens (including phenoxy) is 3. The Morgan fingerprint density at radius 1 is 1.09 bits per heavy atom. The van der Waals surface area contributed by atoms with Crippen molar-refractivity contribution in [1.29, 1.82) is 0 Å². The van der Waals surface area contributed by atoms with Crippen molar-refractivity contribution in [2.24, 2.45) is 22.7 Å². The topological polar surface area (TPSA) is 78.9 Å². The third-order valence-electron chi connectivity index (χ3n) is 8.07. The van der Waals surface area contributed by atoms with E-state index in [0.29, 0.717) is 12.8 Å². The second-order valence-corrected chi connectivity index (χ2v) is 9.34. The van der Waals surface area contributed by atoms with E-state index >= 15 is 0 Å². The van der Waals surface area contributed by atoms with Crippen LogP contribution in [-0.4, -0.2) is 48.1 Å². The van der Waals surface area contributed by atoms with Gasteiger partial charge >= 0.3 is 30.3 Å².